The molecule has 0 spiro atoms. The highest BCUT2D eigenvalue weighted by atomic mass is 16.3. The third kappa shape index (κ3) is 4.04. The van der Waals surface area contributed by atoms with E-state index < -0.39 is 6.10 Å². The first-order chi connectivity index (χ1) is 10.1. The van der Waals surface area contributed by atoms with Gasteiger partial charge >= 0.3 is 0 Å². The van der Waals surface area contributed by atoms with E-state index >= 15 is 0 Å². The standard InChI is InChI=1S/C16H22N2O3/c1-3-5-6-15-18-13-9-11(7-8-14(13)21-15)16(20)17-10-12(19)4-2/h7-9,12,19H,3-6,10H2,1-2H3,(H,17,20)/t12-/m0/s1. The molecule has 0 saturated carbocycles. The zero-order chi connectivity index (χ0) is 15.2. The van der Waals surface area contributed by atoms with Gasteiger partial charge < -0.3 is 14.8 Å². The number of aromatic nitrogens is 1. The third-order valence-corrected chi connectivity index (χ3v) is 3.41. The molecule has 5 heteroatoms. The van der Waals surface area contributed by atoms with Crippen LogP contribution < -0.4 is 5.32 Å². The summed E-state index contributed by atoms with van der Waals surface area (Å²) in [5.41, 5.74) is 1.93. The lowest BCUT2D eigenvalue weighted by atomic mass is 10.2. The van der Waals surface area contributed by atoms with Crippen LogP contribution in [0.4, 0.5) is 0 Å². The maximum atomic E-state index is 12.0. The maximum absolute atomic E-state index is 12.0. The van der Waals surface area contributed by atoms with Gasteiger partial charge in [0.05, 0.1) is 6.10 Å². The molecule has 1 aromatic carbocycles. The quantitative estimate of drug-likeness (QED) is 0.822. The predicted molar refractivity (Wildman–Crippen MR) is 81.3 cm³/mol. The maximum Gasteiger partial charge on any atom is 0.251 e. The number of nitrogens with zero attached hydrogens (tertiary/aromatic N) is 1. The molecule has 2 aromatic rings. The number of amides is 1. The Morgan fingerprint density at radius 1 is 1.43 bits per heavy atom. The van der Waals surface area contributed by atoms with Gasteiger partial charge in [-0.2, -0.15) is 0 Å². The van der Waals surface area contributed by atoms with Crippen LogP contribution >= 0.6 is 0 Å². The van der Waals surface area contributed by atoms with Crippen molar-refractivity contribution in [2.75, 3.05) is 6.54 Å². The Morgan fingerprint density at radius 3 is 2.95 bits per heavy atom. The molecule has 1 aromatic heterocycles. The molecule has 0 aliphatic rings. The molecule has 0 aliphatic carbocycles. The average Bonchev–Trinajstić information content (AvgIpc) is 2.91. The summed E-state index contributed by atoms with van der Waals surface area (Å²) in [5.74, 6) is 0.508. The predicted octanol–water partition coefficient (Wildman–Crippen LogP) is 2.67. The molecular formula is C16H22N2O3. The summed E-state index contributed by atoms with van der Waals surface area (Å²) in [6.45, 7) is 4.25. The van der Waals surface area contributed by atoms with Crippen molar-refractivity contribution in [1.82, 2.24) is 10.3 Å². The number of aliphatic hydroxyl groups excluding tert-OH is 1. The van der Waals surface area contributed by atoms with Crippen LogP contribution in [-0.2, 0) is 6.42 Å². The van der Waals surface area contributed by atoms with Gasteiger partial charge in [-0.3, -0.25) is 4.79 Å². The molecule has 2 rings (SSSR count). The van der Waals surface area contributed by atoms with Gasteiger partial charge in [-0.1, -0.05) is 20.3 Å². The van der Waals surface area contributed by atoms with E-state index in [-0.39, 0.29) is 12.5 Å². The van der Waals surface area contributed by atoms with Gasteiger partial charge in [0.1, 0.15) is 5.52 Å². The number of unbranched alkanes of at least 4 members (excludes halogenated alkanes) is 1. The number of fused-ring (bicyclic) bond motifs is 1. The van der Waals surface area contributed by atoms with Crippen molar-refractivity contribution in [2.24, 2.45) is 0 Å². The van der Waals surface area contributed by atoms with Crippen molar-refractivity contribution in [1.29, 1.82) is 0 Å². The summed E-state index contributed by atoms with van der Waals surface area (Å²) < 4.78 is 5.64. The van der Waals surface area contributed by atoms with E-state index in [0.717, 1.165) is 19.3 Å². The van der Waals surface area contributed by atoms with Crippen molar-refractivity contribution in [3.63, 3.8) is 0 Å². The van der Waals surface area contributed by atoms with E-state index in [1.165, 1.54) is 0 Å². The normalized spacial score (nSPS) is 12.5. The van der Waals surface area contributed by atoms with Gasteiger partial charge in [0.2, 0.25) is 0 Å². The minimum absolute atomic E-state index is 0.206. The summed E-state index contributed by atoms with van der Waals surface area (Å²) in [5, 5.41) is 12.2. The topological polar surface area (TPSA) is 75.4 Å². The number of benzene rings is 1. The Morgan fingerprint density at radius 2 is 2.24 bits per heavy atom. The van der Waals surface area contributed by atoms with Crippen molar-refractivity contribution in [3.8, 4) is 0 Å². The molecule has 114 valence electrons. The number of hydrogen-bond donors (Lipinski definition) is 2. The van der Waals surface area contributed by atoms with Crippen LogP contribution in [0, 0.1) is 0 Å². The van der Waals surface area contributed by atoms with Gasteiger partial charge in [-0.25, -0.2) is 4.98 Å². The van der Waals surface area contributed by atoms with Crippen LogP contribution in [0.3, 0.4) is 0 Å². The smallest absolute Gasteiger partial charge is 0.251 e. The number of carbonyl (C=O) groups excluding carboxylic acids is 1. The lowest BCUT2D eigenvalue weighted by molar-refractivity contribution is 0.0914. The minimum atomic E-state index is -0.509. The third-order valence-electron chi connectivity index (χ3n) is 3.41. The fraction of sp³-hybridized carbons (Fsp3) is 0.500. The van der Waals surface area contributed by atoms with Crippen LogP contribution in [0.5, 0.6) is 0 Å². The molecule has 1 amide bonds. The molecule has 0 radical (unpaired) electrons. The zero-order valence-electron chi connectivity index (χ0n) is 12.6. The van der Waals surface area contributed by atoms with E-state index in [1.807, 2.05) is 6.92 Å². The van der Waals surface area contributed by atoms with Gasteiger partial charge in [0.25, 0.3) is 5.91 Å². The van der Waals surface area contributed by atoms with Crippen LogP contribution in [-0.4, -0.2) is 28.6 Å². The van der Waals surface area contributed by atoms with Crippen LogP contribution in [0.2, 0.25) is 0 Å². The number of aryl methyl sites for hydroxylation is 1. The second-order valence-corrected chi connectivity index (χ2v) is 5.17. The Balaban J connectivity index is 2.08. The molecule has 2 N–H and O–H groups in total. The van der Waals surface area contributed by atoms with Gasteiger partial charge in [0.15, 0.2) is 11.5 Å². The lowest BCUT2D eigenvalue weighted by Crippen LogP contribution is -2.31. The van der Waals surface area contributed by atoms with Crippen molar-refractivity contribution < 1.29 is 14.3 Å². The molecule has 0 bridgehead atoms. The fourth-order valence-electron chi connectivity index (χ4n) is 2.01. The highest BCUT2D eigenvalue weighted by molar-refractivity contribution is 5.97. The molecule has 0 aliphatic heterocycles. The molecule has 21 heavy (non-hydrogen) atoms. The van der Waals surface area contributed by atoms with E-state index in [9.17, 15) is 9.90 Å². The Kier molecular flexibility index (Phi) is 5.33. The summed E-state index contributed by atoms with van der Waals surface area (Å²) in [7, 11) is 0. The summed E-state index contributed by atoms with van der Waals surface area (Å²) >= 11 is 0. The second kappa shape index (κ2) is 7.22. The van der Waals surface area contributed by atoms with Crippen molar-refractivity contribution in [2.45, 2.75) is 45.6 Å². The fourth-order valence-corrected chi connectivity index (χ4v) is 2.01. The van der Waals surface area contributed by atoms with Gasteiger partial charge in [-0.15, -0.1) is 0 Å². The SMILES string of the molecule is CCCCc1nc2cc(C(=O)NC[C@@H](O)CC)ccc2o1. The molecule has 5 nitrogen and oxygen atoms in total. The number of hydrogen-bond acceptors (Lipinski definition) is 4. The number of nitrogens with one attached hydrogen (secondary N) is 1. The lowest BCUT2D eigenvalue weighted by Gasteiger charge is -2.09. The monoisotopic (exact) mass is 290 g/mol. The first-order valence-corrected chi connectivity index (χ1v) is 7.49. The van der Waals surface area contributed by atoms with Crippen molar-refractivity contribution in [3.05, 3.63) is 29.7 Å². The first-order valence-electron chi connectivity index (χ1n) is 7.49. The number of carbonyl (C=O) groups is 1. The Bertz CT molecular complexity index is 607. The molecule has 0 unspecified atom stereocenters. The molecule has 1 atom stereocenters. The second-order valence-electron chi connectivity index (χ2n) is 5.17. The van der Waals surface area contributed by atoms with E-state index in [0.29, 0.717) is 29.0 Å². The summed E-state index contributed by atoms with van der Waals surface area (Å²) in [6.07, 6.45) is 3.05. The van der Waals surface area contributed by atoms with Gasteiger partial charge in [0, 0.05) is 18.5 Å². The number of aliphatic hydroxyl groups is 1. The van der Waals surface area contributed by atoms with E-state index in [2.05, 4.69) is 17.2 Å². The highest BCUT2D eigenvalue weighted by Gasteiger charge is 2.11. The molecule has 0 saturated heterocycles. The largest absolute Gasteiger partial charge is 0.441 e. The van der Waals surface area contributed by atoms with Crippen LogP contribution in [0.25, 0.3) is 11.1 Å². The number of oxazole rings is 1. The highest BCUT2D eigenvalue weighted by Crippen LogP contribution is 2.18. The Hall–Kier alpha value is -1.88. The number of rotatable bonds is 7. The summed E-state index contributed by atoms with van der Waals surface area (Å²) in [6, 6.07) is 5.20. The molecular weight excluding hydrogens is 268 g/mol. The minimum Gasteiger partial charge on any atom is -0.441 e. The first kappa shape index (κ1) is 15.5. The van der Waals surface area contributed by atoms with Gasteiger partial charge in [-0.05, 0) is 31.0 Å². The average molecular weight is 290 g/mol. The molecule has 0 fully saturated rings. The molecule has 1 heterocycles. The van der Waals surface area contributed by atoms with E-state index in [1.54, 1.807) is 18.2 Å². The van der Waals surface area contributed by atoms with Crippen molar-refractivity contribution >= 4 is 17.0 Å². The zero-order valence-corrected chi connectivity index (χ0v) is 12.6. The Labute approximate surface area is 124 Å². The summed E-state index contributed by atoms with van der Waals surface area (Å²) in [4.78, 5) is 16.4. The van der Waals surface area contributed by atoms with E-state index in [4.69, 9.17) is 4.42 Å². The van der Waals surface area contributed by atoms with Crippen LogP contribution in [0.1, 0.15) is 49.4 Å². The van der Waals surface area contributed by atoms with Crippen LogP contribution in [0.15, 0.2) is 22.6 Å².